The van der Waals surface area contributed by atoms with E-state index >= 15 is 0 Å². The second kappa shape index (κ2) is 6.11. The summed E-state index contributed by atoms with van der Waals surface area (Å²) in [6.45, 7) is 0.716. The zero-order valence-corrected chi connectivity index (χ0v) is 9.18. The van der Waals surface area contributed by atoms with Gasteiger partial charge in [0.2, 0.25) is 0 Å². The molecule has 0 fully saturated rings. The van der Waals surface area contributed by atoms with Gasteiger partial charge in [0.25, 0.3) is 0 Å². The van der Waals surface area contributed by atoms with E-state index in [2.05, 4.69) is 0 Å². The Morgan fingerprint density at radius 3 is 2.50 bits per heavy atom. The fourth-order valence-corrected chi connectivity index (χ4v) is 1.10. The van der Waals surface area contributed by atoms with Crippen LogP contribution in [0.25, 0.3) is 0 Å². The van der Waals surface area contributed by atoms with Crippen molar-refractivity contribution in [1.82, 2.24) is 0 Å². The summed E-state index contributed by atoms with van der Waals surface area (Å²) >= 11 is 0.782. The van der Waals surface area contributed by atoms with Crippen LogP contribution >= 0.6 is 0 Å². The van der Waals surface area contributed by atoms with Gasteiger partial charge in [-0.05, 0) is 0 Å². The number of unbranched alkanes of at least 4 members (excludes halogenated alkanes) is 1. The van der Waals surface area contributed by atoms with Crippen molar-refractivity contribution in [2.45, 2.75) is 25.3 Å². The van der Waals surface area contributed by atoms with Gasteiger partial charge in [-0.25, -0.2) is 0 Å². The van der Waals surface area contributed by atoms with Crippen LogP contribution in [0.3, 0.4) is 0 Å². The normalized spacial score (nSPS) is 13.3. The van der Waals surface area contributed by atoms with Crippen molar-refractivity contribution in [2.24, 2.45) is 11.5 Å². The fourth-order valence-electron chi connectivity index (χ4n) is 0.675. The molecule has 3 nitrogen and oxygen atoms in total. The molecule has 10 heavy (non-hydrogen) atoms. The zero-order chi connectivity index (χ0) is 7.98. The number of nitrogens with two attached hydrogens (primary N) is 2. The van der Waals surface area contributed by atoms with Gasteiger partial charge in [-0.3, -0.25) is 0 Å². The van der Waals surface area contributed by atoms with Gasteiger partial charge in [-0.1, -0.05) is 0 Å². The Kier molecular flexibility index (Phi) is 6.34. The van der Waals surface area contributed by atoms with Gasteiger partial charge in [0, 0.05) is 0 Å². The topological polar surface area (TPSA) is 72.3 Å². The zero-order valence-electron chi connectivity index (χ0n) is 6.21. The van der Waals surface area contributed by atoms with Crippen molar-refractivity contribution in [3.63, 3.8) is 0 Å². The molecular weight excluding hydrogens is 181 g/mol. The molecule has 0 bridgehead atoms. The molecule has 0 radical (unpaired) electrons. The van der Waals surface area contributed by atoms with Crippen molar-refractivity contribution < 1.29 is 23.0 Å². The van der Waals surface area contributed by atoms with Crippen LogP contribution in [0.1, 0.15) is 19.3 Å². The Morgan fingerprint density at radius 2 is 2.10 bits per heavy atom. The van der Waals surface area contributed by atoms with E-state index < -0.39 is 0 Å². The van der Waals surface area contributed by atoms with Crippen LogP contribution in [0.15, 0.2) is 0 Å². The first-order chi connectivity index (χ1) is 4.68. The third kappa shape index (κ3) is 5.18. The van der Waals surface area contributed by atoms with Gasteiger partial charge in [0.1, 0.15) is 0 Å². The Morgan fingerprint density at radius 1 is 1.50 bits per heavy atom. The molecule has 0 amide bonds. The monoisotopic (exact) mass is 194 g/mol. The van der Waals surface area contributed by atoms with Crippen molar-refractivity contribution >= 4 is 4.29 Å². The van der Waals surface area contributed by atoms with E-state index in [1.807, 2.05) is 0 Å². The van der Waals surface area contributed by atoms with Gasteiger partial charge in [-0.2, -0.15) is 0 Å². The van der Waals surface area contributed by atoms with Crippen molar-refractivity contribution in [3.05, 3.63) is 0 Å². The molecule has 0 saturated carbocycles. The molecule has 0 saturated heterocycles. The van der Waals surface area contributed by atoms with E-state index in [1.165, 1.54) is 0 Å². The first-order valence-electron chi connectivity index (χ1n) is 3.52. The van der Waals surface area contributed by atoms with Gasteiger partial charge in [0.15, 0.2) is 0 Å². The molecule has 0 aliphatic rings. The SMILES string of the molecule is NCCCCC(N)[C](O)=[Zn]. The summed E-state index contributed by atoms with van der Waals surface area (Å²) in [6.07, 6.45) is 2.88. The van der Waals surface area contributed by atoms with Gasteiger partial charge in [0.05, 0.1) is 0 Å². The van der Waals surface area contributed by atoms with Crippen LogP contribution in [0.2, 0.25) is 0 Å². The molecule has 0 aliphatic heterocycles. The van der Waals surface area contributed by atoms with Gasteiger partial charge < -0.3 is 0 Å². The number of hydrogen-bond donors (Lipinski definition) is 3. The Balaban J connectivity index is 3.21. The molecule has 56 valence electrons. The van der Waals surface area contributed by atoms with E-state index in [-0.39, 0.29) is 6.04 Å². The van der Waals surface area contributed by atoms with Crippen LogP contribution in [-0.2, 0) is 17.9 Å². The molecule has 0 aromatic rings. The first-order valence-corrected chi connectivity index (χ1v) is 5.00. The third-order valence-electron chi connectivity index (χ3n) is 1.40. The molecule has 0 heterocycles. The Bertz CT molecular complexity index is 108. The molecule has 0 rings (SSSR count). The summed E-state index contributed by atoms with van der Waals surface area (Å²) in [7, 11) is 0. The number of hydrogen-bond acceptors (Lipinski definition) is 3. The van der Waals surface area contributed by atoms with Crippen molar-refractivity contribution in [3.8, 4) is 0 Å². The summed E-state index contributed by atoms with van der Waals surface area (Å²) in [6, 6.07) is -0.105. The maximum atomic E-state index is 8.94. The first kappa shape index (κ1) is 10.4. The molecule has 4 heteroatoms. The standard InChI is InChI=1S/C6H14N2O.Zn/c7-4-2-1-3-6(8)5-9;/h6,9H,1-4,7-8H2;. The van der Waals surface area contributed by atoms with Crippen LogP contribution in [0.4, 0.5) is 0 Å². The van der Waals surface area contributed by atoms with Crippen LogP contribution < -0.4 is 11.5 Å². The summed E-state index contributed by atoms with van der Waals surface area (Å²) in [5.41, 5.74) is 10.8. The summed E-state index contributed by atoms with van der Waals surface area (Å²) in [4.78, 5) is 0. The molecule has 0 aromatic carbocycles. The molecule has 1 unspecified atom stereocenters. The minimum atomic E-state index is -0.105. The number of aliphatic hydroxyl groups excluding tert-OH is 1. The second-order valence-corrected chi connectivity index (χ2v) is 3.90. The number of rotatable bonds is 5. The van der Waals surface area contributed by atoms with Gasteiger partial charge in [-0.15, -0.1) is 0 Å². The van der Waals surface area contributed by atoms with E-state index in [4.69, 9.17) is 16.6 Å². The predicted molar refractivity (Wildman–Crippen MR) is 37.8 cm³/mol. The maximum absolute atomic E-state index is 8.94. The molecule has 1 atom stereocenters. The van der Waals surface area contributed by atoms with E-state index in [0.29, 0.717) is 10.8 Å². The summed E-state index contributed by atoms with van der Waals surface area (Å²) in [5.74, 6) is 0. The van der Waals surface area contributed by atoms with Crippen LogP contribution in [-0.4, -0.2) is 22.0 Å². The van der Waals surface area contributed by atoms with Crippen molar-refractivity contribution in [2.75, 3.05) is 6.54 Å². The quantitative estimate of drug-likeness (QED) is 0.409. The van der Waals surface area contributed by atoms with E-state index in [1.54, 1.807) is 0 Å². The fraction of sp³-hybridized carbons (Fsp3) is 0.833. The van der Waals surface area contributed by atoms with E-state index in [0.717, 1.165) is 37.1 Å². The Hall–Kier alpha value is 0.373. The van der Waals surface area contributed by atoms with Gasteiger partial charge >= 0.3 is 70.6 Å². The molecule has 0 aromatic heterocycles. The summed E-state index contributed by atoms with van der Waals surface area (Å²) < 4.78 is 0.442. The third-order valence-corrected chi connectivity index (χ3v) is 2.50. The van der Waals surface area contributed by atoms with Crippen LogP contribution in [0, 0.1) is 0 Å². The number of aliphatic hydroxyl groups is 1. The molecule has 0 aliphatic carbocycles. The summed E-state index contributed by atoms with van der Waals surface area (Å²) in [5, 5.41) is 8.94. The van der Waals surface area contributed by atoms with Crippen LogP contribution in [0.5, 0.6) is 0 Å². The average molecular weight is 196 g/mol. The minimum absolute atomic E-state index is 0.105. The average Bonchev–Trinajstić information content (AvgIpc) is 1.88. The molecule has 5 N–H and O–H groups in total. The molecule has 0 spiro atoms. The van der Waals surface area contributed by atoms with Crippen molar-refractivity contribution in [1.29, 1.82) is 0 Å². The second-order valence-electron chi connectivity index (χ2n) is 2.38. The van der Waals surface area contributed by atoms with E-state index in [9.17, 15) is 0 Å². The Labute approximate surface area is 71.0 Å². The molecular formula is C6H14N2OZn. The predicted octanol–water partition coefficient (Wildman–Crippen LogP) is -0.508.